The van der Waals surface area contributed by atoms with Gasteiger partial charge >= 0.3 is 6.03 Å². The molecule has 8 nitrogen and oxygen atoms in total. The molecule has 2 heterocycles. The lowest BCUT2D eigenvalue weighted by Gasteiger charge is -2.25. The number of hydrogen-bond acceptors (Lipinski definition) is 6. The number of urea groups is 1. The topological polar surface area (TPSA) is 98.1 Å². The molecule has 0 bridgehead atoms. The highest BCUT2D eigenvalue weighted by Crippen LogP contribution is 2.35. The van der Waals surface area contributed by atoms with Crippen molar-refractivity contribution in [2.24, 2.45) is 0 Å². The maximum absolute atomic E-state index is 12.8. The molecular formula is C20H19BrN2O6. The molecule has 4 amide bonds. The Morgan fingerprint density at radius 2 is 1.83 bits per heavy atom. The molecule has 0 radical (unpaired) electrons. The van der Waals surface area contributed by atoms with Gasteiger partial charge in [0.05, 0.1) is 26.0 Å². The van der Waals surface area contributed by atoms with Gasteiger partial charge in [-0.1, -0.05) is 15.9 Å². The molecule has 0 unspecified atom stereocenters. The molecule has 1 saturated heterocycles. The van der Waals surface area contributed by atoms with E-state index in [4.69, 9.17) is 13.9 Å². The van der Waals surface area contributed by atoms with Crippen molar-refractivity contribution in [3.8, 4) is 11.5 Å². The molecule has 1 N–H and O–H groups in total. The second kappa shape index (κ2) is 8.95. The minimum Gasteiger partial charge on any atom is -0.490 e. The predicted octanol–water partition coefficient (Wildman–Crippen LogP) is 3.50. The molecular weight excluding hydrogens is 444 g/mol. The molecule has 9 heteroatoms. The van der Waals surface area contributed by atoms with Gasteiger partial charge in [0.1, 0.15) is 11.3 Å². The summed E-state index contributed by atoms with van der Waals surface area (Å²) in [5.41, 5.74) is 0.353. The van der Waals surface area contributed by atoms with Gasteiger partial charge in [-0.3, -0.25) is 19.8 Å². The van der Waals surface area contributed by atoms with E-state index in [2.05, 4.69) is 21.2 Å². The second-order valence-electron chi connectivity index (χ2n) is 5.97. The van der Waals surface area contributed by atoms with E-state index < -0.39 is 17.8 Å². The summed E-state index contributed by atoms with van der Waals surface area (Å²) in [6.07, 6.45) is 2.84. The van der Waals surface area contributed by atoms with E-state index in [0.29, 0.717) is 40.5 Å². The standard InChI is InChI=1S/C20H19BrN2O6/c1-3-27-16-9-12(15(21)10-17(16)28-4-2)8-14-18(24)22-20(26)23(19(14)25)11-13-6-5-7-29-13/h5-10H,3-4,11H2,1-2H3,(H,22,24,26). The number of furan rings is 1. The average molecular weight is 463 g/mol. The summed E-state index contributed by atoms with van der Waals surface area (Å²) in [6.45, 7) is 4.48. The normalized spacial score (nSPS) is 15.6. The number of hydrogen-bond donors (Lipinski definition) is 1. The Bertz CT molecular complexity index is 968. The highest BCUT2D eigenvalue weighted by atomic mass is 79.9. The highest BCUT2D eigenvalue weighted by Gasteiger charge is 2.36. The van der Waals surface area contributed by atoms with Gasteiger partial charge in [0.25, 0.3) is 11.8 Å². The minimum absolute atomic E-state index is 0.0864. The van der Waals surface area contributed by atoms with Crippen molar-refractivity contribution < 1.29 is 28.3 Å². The number of barbiturate groups is 1. The fourth-order valence-corrected chi connectivity index (χ4v) is 3.19. The maximum Gasteiger partial charge on any atom is 0.331 e. The SMILES string of the molecule is CCOc1cc(Br)c(C=C2C(=O)NC(=O)N(Cc3ccco3)C2=O)cc1OCC. The van der Waals surface area contributed by atoms with Crippen molar-refractivity contribution in [2.45, 2.75) is 20.4 Å². The first-order valence-electron chi connectivity index (χ1n) is 8.95. The largest absolute Gasteiger partial charge is 0.490 e. The average Bonchev–Trinajstić information content (AvgIpc) is 3.19. The van der Waals surface area contributed by atoms with Gasteiger partial charge in [-0.25, -0.2) is 4.79 Å². The summed E-state index contributed by atoms with van der Waals surface area (Å²) in [4.78, 5) is 38.2. The van der Waals surface area contributed by atoms with Crippen LogP contribution >= 0.6 is 15.9 Å². The molecule has 0 spiro atoms. The summed E-state index contributed by atoms with van der Waals surface area (Å²) >= 11 is 3.43. The van der Waals surface area contributed by atoms with Gasteiger partial charge in [-0.05, 0) is 49.8 Å². The lowest BCUT2D eigenvalue weighted by atomic mass is 10.1. The van der Waals surface area contributed by atoms with E-state index in [1.165, 1.54) is 12.3 Å². The van der Waals surface area contributed by atoms with Gasteiger partial charge in [0.2, 0.25) is 0 Å². The molecule has 0 saturated carbocycles. The number of ether oxygens (including phenoxy) is 2. The zero-order valence-corrected chi connectivity index (χ0v) is 17.4. The number of benzene rings is 1. The van der Waals surface area contributed by atoms with Gasteiger partial charge in [-0.2, -0.15) is 0 Å². The van der Waals surface area contributed by atoms with Crippen molar-refractivity contribution >= 4 is 39.9 Å². The lowest BCUT2D eigenvalue weighted by molar-refractivity contribution is -0.130. The van der Waals surface area contributed by atoms with Crippen LogP contribution in [0.5, 0.6) is 11.5 Å². The predicted molar refractivity (Wildman–Crippen MR) is 107 cm³/mol. The Morgan fingerprint density at radius 3 is 2.45 bits per heavy atom. The van der Waals surface area contributed by atoms with E-state index >= 15 is 0 Å². The van der Waals surface area contributed by atoms with Crippen LogP contribution in [0.2, 0.25) is 0 Å². The Labute approximate surface area is 175 Å². The van der Waals surface area contributed by atoms with E-state index in [1.807, 2.05) is 13.8 Å². The van der Waals surface area contributed by atoms with E-state index in [-0.39, 0.29) is 12.1 Å². The maximum atomic E-state index is 12.8. The van der Waals surface area contributed by atoms with E-state index in [0.717, 1.165) is 4.90 Å². The van der Waals surface area contributed by atoms with Crippen molar-refractivity contribution in [3.05, 3.63) is 51.9 Å². The Kier molecular flexibility index (Phi) is 6.38. The number of nitrogens with zero attached hydrogens (tertiary/aromatic N) is 1. The number of amides is 4. The van der Waals surface area contributed by atoms with Crippen molar-refractivity contribution in [1.29, 1.82) is 0 Å². The molecule has 1 aliphatic rings. The second-order valence-corrected chi connectivity index (χ2v) is 6.83. The van der Waals surface area contributed by atoms with Gasteiger partial charge in [0.15, 0.2) is 11.5 Å². The van der Waals surface area contributed by atoms with Crippen LogP contribution in [0.3, 0.4) is 0 Å². The highest BCUT2D eigenvalue weighted by molar-refractivity contribution is 9.10. The molecule has 1 aromatic carbocycles. The van der Waals surface area contributed by atoms with Crippen LogP contribution in [0.15, 0.2) is 45.0 Å². The summed E-state index contributed by atoms with van der Waals surface area (Å²) in [7, 11) is 0. The number of rotatable bonds is 7. The zero-order valence-electron chi connectivity index (χ0n) is 15.9. The molecule has 29 heavy (non-hydrogen) atoms. The number of imide groups is 2. The Morgan fingerprint density at radius 1 is 1.14 bits per heavy atom. The summed E-state index contributed by atoms with van der Waals surface area (Å²) in [5, 5.41) is 2.18. The molecule has 1 fully saturated rings. The quantitative estimate of drug-likeness (QED) is 0.499. The minimum atomic E-state index is -0.797. The fraction of sp³-hybridized carbons (Fsp3) is 0.250. The third-order valence-electron chi connectivity index (χ3n) is 4.04. The molecule has 0 atom stereocenters. The van der Waals surface area contributed by atoms with Crippen molar-refractivity contribution in [2.75, 3.05) is 13.2 Å². The van der Waals surface area contributed by atoms with Gasteiger partial charge in [-0.15, -0.1) is 0 Å². The van der Waals surface area contributed by atoms with E-state index in [1.54, 1.807) is 24.3 Å². The van der Waals surface area contributed by atoms with Gasteiger partial charge < -0.3 is 13.9 Å². The number of carbonyl (C=O) groups excluding carboxylic acids is 3. The fourth-order valence-electron chi connectivity index (χ4n) is 2.75. The molecule has 3 rings (SSSR count). The van der Waals surface area contributed by atoms with Crippen LogP contribution in [0.1, 0.15) is 25.2 Å². The van der Waals surface area contributed by atoms with Crippen LogP contribution in [0.4, 0.5) is 4.79 Å². The third kappa shape index (κ3) is 4.51. The molecule has 1 aromatic heterocycles. The van der Waals surface area contributed by atoms with E-state index in [9.17, 15) is 14.4 Å². The summed E-state index contributed by atoms with van der Waals surface area (Å²) < 4.78 is 17.0. The summed E-state index contributed by atoms with van der Waals surface area (Å²) in [5.74, 6) is -0.0413. The smallest absolute Gasteiger partial charge is 0.331 e. The Hall–Kier alpha value is -3.07. The van der Waals surface area contributed by atoms with Crippen LogP contribution in [-0.2, 0) is 16.1 Å². The number of halogens is 1. The first kappa shape index (κ1) is 20.7. The first-order chi connectivity index (χ1) is 13.9. The van der Waals surface area contributed by atoms with Crippen molar-refractivity contribution in [1.82, 2.24) is 10.2 Å². The van der Waals surface area contributed by atoms with Crippen LogP contribution in [0, 0.1) is 0 Å². The summed E-state index contributed by atoms with van der Waals surface area (Å²) in [6, 6.07) is 5.86. The first-order valence-corrected chi connectivity index (χ1v) is 9.74. The molecule has 152 valence electrons. The molecule has 1 aliphatic heterocycles. The zero-order chi connectivity index (χ0) is 21.0. The number of nitrogens with one attached hydrogen (secondary N) is 1. The van der Waals surface area contributed by atoms with Crippen LogP contribution < -0.4 is 14.8 Å². The lowest BCUT2D eigenvalue weighted by Crippen LogP contribution is -2.53. The molecule has 0 aliphatic carbocycles. The molecule has 2 aromatic rings. The van der Waals surface area contributed by atoms with Crippen LogP contribution in [-0.4, -0.2) is 36.0 Å². The number of carbonyl (C=O) groups is 3. The monoisotopic (exact) mass is 462 g/mol. The Balaban J connectivity index is 1.97. The van der Waals surface area contributed by atoms with Crippen molar-refractivity contribution in [3.63, 3.8) is 0 Å². The van der Waals surface area contributed by atoms with Crippen LogP contribution in [0.25, 0.3) is 6.08 Å². The third-order valence-corrected chi connectivity index (χ3v) is 4.73. The van der Waals surface area contributed by atoms with Gasteiger partial charge in [0, 0.05) is 4.47 Å².